The van der Waals surface area contributed by atoms with E-state index < -0.39 is 37.3 Å². The molecule has 0 aromatic heterocycles. The van der Waals surface area contributed by atoms with Crippen LogP contribution in [0.5, 0.6) is 0 Å². The minimum Gasteiger partial charge on any atom is -0.394 e. The van der Waals surface area contributed by atoms with Gasteiger partial charge in [-0.15, -0.1) is 0 Å². The summed E-state index contributed by atoms with van der Waals surface area (Å²) < 4.78 is 10.8. The van der Waals surface area contributed by atoms with Gasteiger partial charge in [-0.25, -0.2) is 0 Å². The first-order chi connectivity index (χ1) is 10.5. The zero-order valence-corrected chi connectivity index (χ0v) is 12.3. The molecule has 0 unspecified atom stereocenters. The Kier molecular flexibility index (Phi) is 5.87. The molecule has 0 spiro atoms. The van der Waals surface area contributed by atoms with Crippen LogP contribution in [0.2, 0.25) is 0 Å². The maximum atomic E-state index is 11.3. The number of amides is 1. The maximum Gasteiger partial charge on any atom is 0.217 e. The van der Waals surface area contributed by atoms with Crippen LogP contribution in [0.25, 0.3) is 0 Å². The van der Waals surface area contributed by atoms with Crippen molar-refractivity contribution in [3.05, 3.63) is 35.9 Å². The largest absolute Gasteiger partial charge is 0.394 e. The number of benzene rings is 1. The van der Waals surface area contributed by atoms with Gasteiger partial charge in [0.25, 0.3) is 0 Å². The molecule has 1 amide bonds. The van der Waals surface area contributed by atoms with Crippen molar-refractivity contribution < 1.29 is 29.6 Å². The van der Waals surface area contributed by atoms with Gasteiger partial charge in [-0.05, 0) is 5.56 Å². The summed E-state index contributed by atoms with van der Waals surface area (Å²) in [6, 6.07) is 8.39. The third-order valence-electron chi connectivity index (χ3n) is 3.53. The maximum absolute atomic E-state index is 11.3. The van der Waals surface area contributed by atoms with Crippen LogP contribution in [0.3, 0.4) is 0 Å². The summed E-state index contributed by atoms with van der Waals surface area (Å²) in [5, 5.41) is 31.9. The van der Waals surface area contributed by atoms with Crippen LogP contribution in [0, 0.1) is 0 Å². The summed E-state index contributed by atoms with van der Waals surface area (Å²) in [7, 11) is 0. The molecule has 0 aliphatic carbocycles. The van der Waals surface area contributed by atoms with Gasteiger partial charge in [-0.2, -0.15) is 0 Å². The topological polar surface area (TPSA) is 108 Å². The molecular formula is C15H21NO6. The van der Waals surface area contributed by atoms with Crippen LogP contribution in [0.4, 0.5) is 0 Å². The Morgan fingerprint density at radius 2 is 2.00 bits per heavy atom. The molecule has 0 saturated carbocycles. The van der Waals surface area contributed by atoms with E-state index in [9.17, 15) is 20.1 Å². The van der Waals surface area contributed by atoms with Crippen molar-refractivity contribution in [3.8, 4) is 0 Å². The summed E-state index contributed by atoms with van der Waals surface area (Å²) in [5.41, 5.74) is 0.887. The highest BCUT2D eigenvalue weighted by atomic mass is 16.6. The van der Waals surface area contributed by atoms with Crippen molar-refractivity contribution in [2.75, 3.05) is 6.61 Å². The molecule has 2 rings (SSSR count). The number of carbonyl (C=O) groups is 1. The molecule has 7 nitrogen and oxygen atoms in total. The fraction of sp³-hybridized carbons (Fsp3) is 0.533. The van der Waals surface area contributed by atoms with Gasteiger partial charge in [0.05, 0.1) is 13.2 Å². The fourth-order valence-electron chi connectivity index (χ4n) is 2.44. The molecule has 122 valence electrons. The predicted molar refractivity (Wildman–Crippen MR) is 76.6 cm³/mol. The lowest BCUT2D eigenvalue weighted by molar-refractivity contribution is -0.263. The minimum atomic E-state index is -1.37. The van der Waals surface area contributed by atoms with Crippen molar-refractivity contribution >= 4 is 5.91 Å². The lowest BCUT2D eigenvalue weighted by Gasteiger charge is -2.42. The van der Waals surface area contributed by atoms with Crippen LogP contribution in [0.1, 0.15) is 12.5 Å². The summed E-state index contributed by atoms with van der Waals surface area (Å²) in [4.78, 5) is 11.3. The van der Waals surface area contributed by atoms with Gasteiger partial charge in [0.1, 0.15) is 24.4 Å². The first-order valence-corrected chi connectivity index (χ1v) is 7.08. The second-order valence-electron chi connectivity index (χ2n) is 5.23. The van der Waals surface area contributed by atoms with Crippen LogP contribution >= 0.6 is 0 Å². The number of aliphatic hydroxyl groups excluding tert-OH is 3. The molecule has 1 heterocycles. The van der Waals surface area contributed by atoms with E-state index in [-0.39, 0.29) is 12.5 Å². The van der Waals surface area contributed by atoms with Crippen LogP contribution in [-0.2, 0) is 20.9 Å². The second kappa shape index (κ2) is 7.66. The lowest BCUT2D eigenvalue weighted by atomic mass is 9.96. The molecule has 4 N–H and O–H groups in total. The van der Waals surface area contributed by atoms with Gasteiger partial charge in [0.15, 0.2) is 6.29 Å². The molecule has 1 aromatic rings. The highest BCUT2D eigenvalue weighted by Gasteiger charge is 2.45. The summed E-state index contributed by atoms with van der Waals surface area (Å²) in [5.74, 6) is -0.379. The Bertz CT molecular complexity index is 482. The minimum absolute atomic E-state index is 0.198. The van der Waals surface area contributed by atoms with Crippen LogP contribution in [0.15, 0.2) is 30.3 Å². The van der Waals surface area contributed by atoms with E-state index in [1.54, 1.807) is 0 Å². The third kappa shape index (κ3) is 4.02. The van der Waals surface area contributed by atoms with Gasteiger partial charge < -0.3 is 30.1 Å². The van der Waals surface area contributed by atoms with Gasteiger partial charge in [0, 0.05) is 6.92 Å². The molecule has 0 radical (unpaired) electrons. The van der Waals surface area contributed by atoms with E-state index in [1.807, 2.05) is 30.3 Å². The zero-order valence-electron chi connectivity index (χ0n) is 12.3. The Labute approximate surface area is 128 Å². The number of ether oxygens (including phenoxy) is 2. The smallest absolute Gasteiger partial charge is 0.217 e. The van der Waals surface area contributed by atoms with E-state index >= 15 is 0 Å². The number of hydrogen-bond acceptors (Lipinski definition) is 6. The lowest BCUT2D eigenvalue weighted by Crippen LogP contribution is -2.64. The van der Waals surface area contributed by atoms with Crippen LogP contribution < -0.4 is 5.32 Å². The first-order valence-electron chi connectivity index (χ1n) is 7.08. The van der Waals surface area contributed by atoms with E-state index in [4.69, 9.17) is 9.47 Å². The number of aliphatic hydroxyl groups is 3. The van der Waals surface area contributed by atoms with Crippen LogP contribution in [-0.4, -0.2) is 58.5 Å². The van der Waals surface area contributed by atoms with E-state index in [1.165, 1.54) is 6.92 Å². The highest BCUT2D eigenvalue weighted by molar-refractivity contribution is 5.73. The standard InChI is InChI=1S/C15H21NO6/c1-9(18)16-12-14(13(19)11(7-17)22-15(12)20)21-8-10-5-3-2-4-6-10/h2-6,11-15,17,19-20H,7-8H2,1H3,(H,16,18)/t11-,12-,13-,14-,15-/m1/s1. The first kappa shape index (κ1) is 16.9. The predicted octanol–water partition coefficient (Wildman–Crippen LogP) is -0.853. The van der Waals surface area contributed by atoms with Crippen molar-refractivity contribution in [2.45, 2.75) is 44.2 Å². The quantitative estimate of drug-likeness (QED) is 0.564. The Hall–Kier alpha value is -1.51. The van der Waals surface area contributed by atoms with Gasteiger partial charge in [0.2, 0.25) is 5.91 Å². The number of rotatable bonds is 5. The number of hydrogen-bond donors (Lipinski definition) is 4. The molecule has 7 heteroatoms. The number of nitrogens with one attached hydrogen (secondary N) is 1. The van der Waals surface area contributed by atoms with Crippen molar-refractivity contribution in [1.29, 1.82) is 0 Å². The third-order valence-corrected chi connectivity index (χ3v) is 3.53. The average molecular weight is 311 g/mol. The molecule has 1 aliphatic rings. The second-order valence-corrected chi connectivity index (χ2v) is 5.23. The molecule has 5 atom stereocenters. The molecule has 1 saturated heterocycles. The summed E-state index contributed by atoms with van der Waals surface area (Å²) in [6.07, 6.45) is -4.41. The monoisotopic (exact) mass is 311 g/mol. The Balaban J connectivity index is 2.10. The number of carbonyl (C=O) groups excluding carboxylic acids is 1. The molecule has 1 aliphatic heterocycles. The Morgan fingerprint density at radius 3 is 2.59 bits per heavy atom. The van der Waals surface area contributed by atoms with Crippen molar-refractivity contribution in [2.24, 2.45) is 0 Å². The molecule has 1 fully saturated rings. The average Bonchev–Trinajstić information content (AvgIpc) is 2.50. The molecule has 1 aromatic carbocycles. The van der Waals surface area contributed by atoms with Gasteiger partial charge in [-0.3, -0.25) is 4.79 Å². The van der Waals surface area contributed by atoms with Crippen molar-refractivity contribution in [3.63, 3.8) is 0 Å². The SMILES string of the molecule is CC(=O)N[C@@H]1[C@@H](OCc2ccccc2)[C@H](O)[C@@H](CO)O[C@H]1O. The fourth-order valence-corrected chi connectivity index (χ4v) is 2.44. The van der Waals surface area contributed by atoms with Gasteiger partial charge in [-0.1, -0.05) is 30.3 Å². The molecular weight excluding hydrogens is 290 g/mol. The summed E-state index contributed by atoms with van der Waals surface area (Å²) in [6.45, 7) is 1.03. The Morgan fingerprint density at radius 1 is 1.32 bits per heavy atom. The molecule has 22 heavy (non-hydrogen) atoms. The van der Waals surface area contributed by atoms with E-state index in [0.29, 0.717) is 0 Å². The van der Waals surface area contributed by atoms with E-state index in [2.05, 4.69) is 5.32 Å². The van der Waals surface area contributed by atoms with Gasteiger partial charge >= 0.3 is 0 Å². The molecule has 0 bridgehead atoms. The summed E-state index contributed by atoms with van der Waals surface area (Å²) >= 11 is 0. The normalized spacial score (nSPS) is 31.7. The van der Waals surface area contributed by atoms with Crippen molar-refractivity contribution in [1.82, 2.24) is 5.32 Å². The zero-order chi connectivity index (χ0) is 16.1. The van der Waals surface area contributed by atoms with E-state index in [0.717, 1.165) is 5.56 Å². The highest BCUT2D eigenvalue weighted by Crippen LogP contribution is 2.23.